The smallest absolute Gasteiger partial charge is 0.0675 e. The molecule has 3 atom stereocenters. The zero-order valence-corrected chi connectivity index (χ0v) is 11.4. The second kappa shape index (κ2) is 6.32. The lowest BCUT2D eigenvalue weighted by Crippen LogP contribution is -2.51. The third kappa shape index (κ3) is 2.91. The van der Waals surface area contributed by atoms with E-state index < -0.39 is 0 Å². The largest absolute Gasteiger partial charge is 0.376 e. The molecule has 0 aromatic heterocycles. The summed E-state index contributed by atoms with van der Waals surface area (Å²) < 4.78 is 5.76. The summed E-state index contributed by atoms with van der Waals surface area (Å²) >= 11 is 0. The van der Waals surface area contributed by atoms with Gasteiger partial charge in [-0.1, -0.05) is 37.3 Å². The number of rotatable bonds is 4. The average molecular weight is 248 g/mol. The molecule has 100 valence electrons. The van der Waals surface area contributed by atoms with Crippen molar-refractivity contribution in [2.45, 2.75) is 38.5 Å². The molecule has 1 saturated heterocycles. The van der Waals surface area contributed by atoms with Crippen molar-refractivity contribution < 1.29 is 4.74 Å². The summed E-state index contributed by atoms with van der Waals surface area (Å²) in [6.07, 6.45) is 1.40. The van der Waals surface area contributed by atoms with Crippen molar-refractivity contribution in [3.05, 3.63) is 35.9 Å². The molecule has 1 aliphatic rings. The van der Waals surface area contributed by atoms with E-state index in [4.69, 9.17) is 10.5 Å². The quantitative estimate of drug-likeness (QED) is 0.887. The maximum atomic E-state index is 6.02. The molecule has 18 heavy (non-hydrogen) atoms. The number of ether oxygens (including phenoxy) is 1. The molecule has 1 aliphatic heterocycles. The van der Waals surface area contributed by atoms with Gasteiger partial charge < -0.3 is 10.5 Å². The highest BCUT2D eigenvalue weighted by Gasteiger charge is 2.31. The van der Waals surface area contributed by atoms with Crippen LogP contribution in [0.2, 0.25) is 0 Å². The zero-order chi connectivity index (χ0) is 13.0. The van der Waals surface area contributed by atoms with Crippen LogP contribution in [0.25, 0.3) is 0 Å². The lowest BCUT2D eigenvalue weighted by Gasteiger charge is -2.43. The molecule has 0 spiro atoms. The lowest BCUT2D eigenvalue weighted by molar-refractivity contribution is -0.0719. The molecule has 2 rings (SSSR count). The summed E-state index contributed by atoms with van der Waals surface area (Å²) in [5, 5.41) is 0. The third-order valence-electron chi connectivity index (χ3n) is 3.79. The molecule has 0 saturated carbocycles. The topological polar surface area (TPSA) is 38.5 Å². The Morgan fingerprint density at radius 1 is 1.39 bits per heavy atom. The van der Waals surface area contributed by atoms with Gasteiger partial charge in [-0.3, -0.25) is 4.90 Å². The van der Waals surface area contributed by atoms with Crippen molar-refractivity contribution in [1.82, 2.24) is 4.90 Å². The first-order chi connectivity index (χ1) is 8.76. The van der Waals surface area contributed by atoms with E-state index in [-0.39, 0.29) is 0 Å². The zero-order valence-electron chi connectivity index (χ0n) is 11.4. The van der Waals surface area contributed by atoms with Gasteiger partial charge in [-0.15, -0.1) is 0 Å². The van der Waals surface area contributed by atoms with E-state index in [2.05, 4.69) is 49.1 Å². The van der Waals surface area contributed by atoms with Crippen LogP contribution in [-0.2, 0) is 4.74 Å². The van der Waals surface area contributed by atoms with E-state index in [1.165, 1.54) is 5.56 Å². The Kier molecular flexibility index (Phi) is 4.75. The maximum Gasteiger partial charge on any atom is 0.0675 e. The van der Waals surface area contributed by atoms with E-state index in [0.717, 1.165) is 19.6 Å². The molecule has 1 heterocycles. The average Bonchev–Trinajstić information content (AvgIpc) is 2.41. The number of hydrogen-bond donors (Lipinski definition) is 1. The van der Waals surface area contributed by atoms with E-state index in [1.54, 1.807) is 0 Å². The summed E-state index contributed by atoms with van der Waals surface area (Å²) in [5.74, 6) is 0. The molecular weight excluding hydrogens is 224 g/mol. The maximum absolute atomic E-state index is 6.02. The minimum absolute atomic E-state index is 0.297. The molecule has 0 bridgehead atoms. The second-order valence-electron chi connectivity index (χ2n) is 5.06. The molecule has 0 aliphatic carbocycles. The van der Waals surface area contributed by atoms with Gasteiger partial charge in [-0.25, -0.2) is 0 Å². The number of nitrogens with zero attached hydrogens (tertiary/aromatic N) is 1. The number of benzene rings is 1. The van der Waals surface area contributed by atoms with Crippen LogP contribution in [-0.4, -0.2) is 36.7 Å². The Labute approximate surface area is 110 Å². The van der Waals surface area contributed by atoms with Crippen molar-refractivity contribution in [3.63, 3.8) is 0 Å². The van der Waals surface area contributed by atoms with Crippen LogP contribution in [0.4, 0.5) is 0 Å². The minimum atomic E-state index is 0.297. The van der Waals surface area contributed by atoms with Gasteiger partial charge in [0.2, 0.25) is 0 Å². The van der Waals surface area contributed by atoms with Crippen molar-refractivity contribution in [2.75, 3.05) is 19.7 Å². The van der Waals surface area contributed by atoms with E-state index in [9.17, 15) is 0 Å². The van der Waals surface area contributed by atoms with E-state index in [0.29, 0.717) is 24.7 Å². The number of nitrogens with two attached hydrogens (primary N) is 1. The SMILES string of the molecule is CCC1COC(C)CN1C(CN)c1ccccc1. The molecule has 3 heteroatoms. The molecule has 3 nitrogen and oxygen atoms in total. The predicted molar refractivity (Wildman–Crippen MR) is 74.4 cm³/mol. The van der Waals surface area contributed by atoms with Gasteiger partial charge in [0.15, 0.2) is 0 Å². The monoisotopic (exact) mass is 248 g/mol. The van der Waals surface area contributed by atoms with Gasteiger partial charge in [0.1, 0.15) is 0 Å². The Balaban J connectivity index is 2.19. The summed E-state index contributed by atoms with van der Waals surface area (Å²) in [5.41, 5.74) is 7.33. The summed E-state index contributed by atoms with van der Waals surface area (Å²) in [6.45, 7) is 6.80. The fraction of sp³-hybridized carbons (Fsp3) is 0.600. The highest BCUT2D eigenvalue weighted by molar-refractivity contribution is 5.20. The van der Waals surface area contributed by atoms with Crippen LogP contribution in [0, 0.1) is 0 Å². The summed E-state index contributed by atoms with van der Waals surface area (Å²) in [7, 11) is 0. The van der Waals surface area contributed by atoms with Gasteiger partial charge in [-0.05, 0) is 18.9 Å². The van der Waals surface area contributed by atoms with Gasteiger partial charge >= 0.3 is 0 Å². The highest BCUT2D eigenvalue weighted by atomic mass is 16.5. The predicted octanol–water partition coefficient (Wildman–Crippen LogP) is 2.19. The van der Waals surface area contributed by atoms with Crippen LogP contribution in [0.1, 0.15) is 31.9 Å². The molecule has 1 aromatic carbocycles. The van der Waals surface area contributed by atoms with Crippen LogP contribution < -0.4 is 5.73 Å². The van der Waals surface area contributed by atoms with Crippen LogP contribution >= 0.6 is 0 Å². The molecule has 1 fully saturated rings. The normalized spacial score (nSPS) is 27.1. The number of hydrogen-bond acceptors (Lipinski definition) is 3. The molecule has 3 unspecified atom stereocenters. The fourth-order valence-electron chi connectivity index (χ4n) is 2.74. The Bertz CT molecular complexity index is 355. The first-order valence-electron chi connectivity index (χ1n) is 6.88. The summed E-state index contributed by atoms with van der Waals surface area (Å²) in [4.78, 5) is 2.52. The van der Waals surface area contributed by atoms with Crippen LogP contribution in [0.5, 0.6) is 0 Å². The minimum Gasteiger partial charge on any atom is -0.376 e. The van der Waals surface area contributed by atoms with Gasteiger partial charge in [0, 0.05) is 25.2 Å². The Morgan fingerprint density at radius 2 is 2.11 bits per heavy atom. The Hall–Kier alpha value is -0.900. The number of morpholine rings is 1. The standard InChI is InChI=1S/C15H24N2O/c1-3-14-11-18-12(2)10-17(14)15(9-16)13-7-5-4-6-8-13/h4-8,12,14-15H,3,9-11,16H2,1-2H3. The molecule has 0 radical (unpaired) electrons. The molecule has 0 amide bonds. The van der Waals surface area contributed by atoms with Crippen molar-refractivity contribution in [2.24, 2.45) is 5.73 Å². The van der Waals surface area contributed by atoms with Crippen molar-refractivity contribution in [3.8, 4) is 0 Å². The first kappa shape index (κ1) is 13.5. The third-order valence-corrected chi connectivity index (χ3v) is 3.79. The highest BCUT2D eigenvalue weighted by Crippen LogP contribution is 2.26. The lowest BCUT2D eigenvalue weighted by atomic mass is 10.0. The fourth-order valence-corrected chi connectivity index (χ4v) is 2.74. The van der Waals surface area contributed by atoms with E-state index >= 15 is 0 Å². The van der Waals surface area contributed by atoms with E-state index in [1.807, 2.05) is 0 Å². The summed E-state index contributed by atoms with van der Waals surface area (Å²) in [6, 6.07) is 11.4. The molecule has 1 aromatic rings. The molecular formula is C15H24N2O. The van der Waals surface area contributed by atoms with Crippen molar-refractivity contribution in [1.29, 1.82) is 0 Å². The Morgan fingerprint density at radius 3 is 2.72 bits per heavy atom. The van der Waals surface area contributed by atoms with Crippen molar-refractivity contribution >= 4 is 0 Å². The first-order valence-corrected chi connectivity index (χ1v) is 6.88. The van der Waals surface area contributed by atoms with Gasteiger partial charge in [0.05, 0.1) is 12.7 Å². The van der Waals surface area contributed by atoms with Crippen LogP contribution in [0.3, 0.4) is 0 Å². The van der Waals surface area contributed by atoms with Gasteiger partial charge in [0.25, 0.3) is 0 Å². The second-order valence-corrected chi connectivity index (χ2v) is 5.06. The van der Waals surface area contributed by atoms with Gasteiger partial charge in [-0.2, -0.15) is 0 Å². The van der Waals surface area contributed by atoms with Crippen LogP contribution in [0.15, 0.2) is 30.3 Å². The molecule has 2 N–H and O–H groups in total.